The Hall–Kier alpha value is -1.95. The molecule has 0 amide bonds. The number of aryl methyl sites for hydroxylation is 2. The van der Waals surface area contributed by atoms with E-state index in [1.807, 2.05) is 0 Å². The van der Waals surface area contributed by atoms with Crippen LogP contribution in [0.5, 0.6) is 0 Å². The van der Waals surface area contributed by atoms with Crippen molar-refractivity contribution in [3.8, 4) is 11.3 Å². The molecular weight excluding hydrogens is 362 g/mol. The smallest absolute Gasteiger partial charge is 0.129 e. The molecule has 0 saturated carbocycles. The molecule has 5 heteroatoms. The van der Waals surface area contributed by atoms with Crippen LogP contribution in [-0.4, -0.2) is 53.6 Å². The Kier molecular flexibility index (Phi) is 8.04. The second-order valence-electron chi connectivity index (χ2n) is 7.91. The van der Waals surface area contributed by atoms with Gasteiger partial charge in [-0.1, -0.05) is 32.0 Å². The summed E-state index contributed by atoms with van der Waals surface area (Å²) in [5, 5.41) is 21.9. The van der Waals surface area contributed by atoms with Crippen molar-refractivity contribution in [2.24, 2.45) is 0 Å². The van der Waals surface area contributed by atoms with E-state index in [1.165, 1.54) is 16.7 Å². The zero-order chi connectivity index (χ0) is 20.6. The second kappa shape index (κ2) is 10.7. The highest BCUT2D eigenvalue weighted by molar-refractivity contribution is 5.63. The Morgan fingerprint density at radius 2 is 1.86 bits per heavy atom. The Morgan fingerprint density at radius 3 is 2.55 bits per heavy atom. The quantitative estimate of drug-likeness (QED) is 0.606. The molecule has 0 bridgehead atoms. The number of benzene rings is 1. The average molecular weight is 398 g/mol. The van der Waals surface area contributed by atoms with Crippen LogP contribution in [0, 0.1) is 0 Å². The average Bonchev–Trinajstić information content (AvgIpc) is 2.79. The summed E-state index contributed by atoms with van der Waals surface area (Å²) >= 11 is 0. The molecule has 158 valence electrons. The number of nitrogens with zero attached hydrogens (tertiary/aromatic N) is 2. The minimum atomic E-state index is -0.617. The number of rotatable bonds is 9. The zero-order valence-corrected chi connectivity index (χ0v) is 17.8. The Morgan fingerprint density at radius 1 is 1.10 bits per heavy atom. The van der Waals surface area contributed by atoms with E-state index in [0.717, 1.165) is 56.8 Å². The van der Waals surface area contributed by atoms with Gasteiger partial charge in [0.15, 0.2) is 0 Å². The van der Waals surface area contributed by atoms with Crippen LogP contribution in [0.4, 0.5) is 5.82 Å². The van der Waals surface area contributed by atoms with Gasteiger partial charge >= 0.3 is 0 Å². The van der Waals surface area contributed by atoms with Crippen molar-refractivity contribution < 1.29 is 10.2 Å². The fourth-order valence-electron chi connectivity index (χ4n) is 4.08. The molecule has 1 aromatic carbocycles. The second-order valence-corrected chi connectivity index (χ2v) is 7.91. The third kappa shape index (κ3) is 5.78. The Balaban J connectivity index is 1.61. The van der Waals surface area contributed by atoms with E-state index in [4.69, 9.17) is 10.1 Å². The van der Waals surface area contributed by atoms with E-state index >= 15 is 0 Å². The summed E-state index contributed by atoms with van der Waals surface area (Å²) in [6.45, 7) is 6.96. The summed E-state index contributed by atoms with van der Waals surface area (Å²) < 4.78 is 0. The summed E-state index contributed by atoms with van der Waals surface area (Å²) in [7, 11) is 0. The Bertz CT molecular complexity index is 772. The molecule has 1 unspecified atom stereocenters. The summed E-state index contributed by atoms with van der Waals surface area (Å²) in [5.74, 6) is 1.05. The molecule has 2 aromatic rings. The maximum Gasteiger partial charge on any atom is 0.129 e. The summed E-state index contributed by atoms with van der Waals surface area (Å²) in [4.78, 5) is 7.33. The van der Waals surface area contributed by atoms with Gasteiger partial charge in [-0.3, -0.25) is 0 Å². The molecule has 0 radical (unpaired) electrons. The van der Waals surface area contributed by atoms with Gasteiger partial charge in [0.05, 0.1) is 18.4 Å². The molecule has 1 aliphatic heterocycles. The molecule has 1 saturated heterocycles. The highest BCUT2D eigenvalue weighted by Gasteiger charge is 2.20. The first-order chi connectivity index (χ1) is 14.1. The van der Waals surface area contributed by atoms with E-state index in [2.05, 4.69) is 60.5 Å². The molecule has 3 N–H and O–H groups in total. The largest absolute Gasteiger partial charge is 0.394 e. The lowest BCUT2D eigenvalue weighted by Gasteiger charge is -2.33. The highest BCUT2D eigenvalue weighted by Crippen LogP contribution is 2.25. The molecule has 1 fully saturated rings. The van der Waals surface area contributed by atoms with Crippen LogP contribution in [0.2, 0.25) is 0 Å². The summed E-state index contributed by atoms with van der Waals surface area (Å²) in [6.07, 6.45) is 4.22. The molecule has 5 nitrogen and oxygen atoms in total. The predicted octanol–water partition coefficient (Wildman–Crippen LogP) is 3.18. The van der Waals surface area contributed by atoms with Crippen LogP contribution in [0.1, 0.15) is 44.2 Å². The number of aromatic nitrogens is 1. The van der Waals surface area contributed by atoms with Gasteiger partial charge < -0.3 is 20.4 Å². The van der Waals surface area contributed by atoms with Crippen molar-refractivity contribution in [3.63, 3.8) is 0 Å². The first-order valence-corrected chi connectivity index (χ1v) is 11.0. The predicted molar refractivity (Wildman–Crippen MR) is 119 cm³/mol. The SMILES string of the molecule is CCc1ccc(-c2cccc(N3CCC(NCCC(O)CO)CC3)n2)cc1CC. The van der Waals surface area contributed by atoms with Crippen LogP contribution in [0.15, 0.2) is 36.4 Å². The third-order valence-electron chi connectivity index (χ3n) is 5.94. The maximum absolute atomic E-state index is 9.45. The number of anilines is 1. The lowest BCUT2D eigenvalue weighted by molar-refractivity contribution is 0.0874. The molecule has 1 atom stereocenters. The number of aliphatic hydroxyl groups is 2. The minimum Gasteiger partial charge on any atom is -0.394 e. The van der Waals surface area contributed by atoms with Crippen LogP contribution in [0.3, 0.4) is 0 Å². The molecule has 0 aliphatic carbocycles. The van der Waals surface area contributed by atoms with E-state index in [1.54, 1.807) is 0 Å². The standard InChI is InChI=1S/C24H35N3O2/c1-3-18-8-9-20(16-19(18)4-2)23-6-5-7-24(26-23)27-14-11-21(12-15-27)25-13-10-22(29)17-28/h5-9,16,21-22,25,28-29H,3-4,10-15,17H2,1-2H3. The molecule has 29 heavy (non-hydrogen) atoms. The molecule has 1 aliphatic rings. The van der Waals surface area contributed by atoms with Gasteiger partial charge in [-0.2, -0.15) is 0 Å². The van der Waals surface area contributed by atoms with E-state index in [-0.39, 0.29) is 6.61 Å². The van der Waals surface area contributed by atoms with Crippen molar-refractivity contribution in [3.05, 3.63) is 47.5 Å². The van der Waals surface area contributed by atoms with Gasteiger partial charge in [0.1, 0.15) is 5.82 Å². The number of hydrogen-bond acceptors (Lipinski definition) is 5. The monoisotopic (exact) mass is 397 g/mol. The van der Waals surface area contributed by atoms with Gasteiger partial charge in [0.2, 0.25) is 0 Å². The fraction of sp³-hybridized carbons (Fsp3) is 0.542. The Labute approximate surface area is 174 Å². The fourth-order valence-corrected chi connectivity index (χ4v) is 4.08. The first kappa shape index (κ1) is 21.8. The summed E-state index contributed by atoms with van der Waals surface area (Å²) in [5.41, 5.74) is 5.07. The van der Waals surface area contributed by atoms with Gasteiger partial charge in [-0.05, 0) is 68.0 Å². The van der Waals surface area contributed by atoms with Crippen LogP contribution in [0.25, 0.3) is 11.3 Å². The minimum absolute atomic E-state index is 0.164. The van der Waals surface area contributed by atoms with Crippen molar-refractivity contribution in [2.75, 3.05) is 31.1 Å². The van der Waals surface area contributed by atoms with Gasteiger partial charge in [0, 0.05) is 24.7 Å². The van der Waals surface area contributed by atoms with Crippen LogP contribution in [-0.2, 0) is 12.8 Å². The normalized spacial score (nSPS) is 16.2. The lowest BCUT2D eigenvalue weighted by atomic mass is 9.98. The lowest BCUT2D eigenvalue weighted by Crippen LogP contribution is -2.43. The number of nitrogens with one attached hydrogen (secondary N) is 1. The molecule has 0 spiro atoms. The van der Waals surface area contributed by atoms with Crippen molar-refractivity contribution in [1.29, 1.82) is 0 Å². The van der Waals surface area contributed by atoms with Crippen LogP contribution < -0.4 is 10.2 Å². The maximum atomic E-state index is 9.45. The third-order valence-corrected chi connectivity index (χ3v) is 5.94. The van der Waals surface area contributed by atoms with Crippen LogP contribution >= 0.6 is 0 Å². The highest BCUT2D eigenvalue weighted by atomic mass is 16.3. The summed E-state index contributed by atoms with van der Waals surface area (Å²) in [6, 6.07) is 13.5. The van der Waals surface area contributed by atoms with Crippen molar-refractivity contribution >= 4 is 5.82 Å². The van der Waals surface area contributed by atoms with E-state index in [0.29, 0.717) is 12.5 Å². The number of aliphatic hydroxyl groups excluding tert-OH is 2. The topological polar surface area (TPSA) is 68.6 Å². The number of hydrogen-bond donors (Lipinski definition) is 3. The first-order valence-electron chi connectivity index (χ1n) is 11.0. The van der Waals surface area contributed by atoms with Gasteiger partial charge in [-0.25, -0.2) is 4.98 Å². The van der Waals surface area contributed by atoms with Gasteiger partial charge in [-0.15, -0.1) is 0 Å². The number of piperidine rings is 1. The van der Waals surface area contributed by atoms with Gasteiger partial charge in [0.25, 0.3) is 0 Å². The molecule has 3 rings (SSSR count). The zero-order valence-electron chi connectivity index (χ0n) is 17.8. The number of pyridine rings is 1. The van der Waals surface area contributed by atoms with E-state index < -0.39 is 6.10 Å². The van der Waals surface area contributed by atoms with Crippen molar-refractivity contribution in [2.45, 2.75) is 58.1 Å². The van der Waals surface area contributed by atoms with Crippen molar-refractivity contribution in [1.82, 2.24) is 10.3 Å². The molecule has 2 heterocycles. The molecule has 1 aromatic heterocycles. The van der Waals surface area contributed by atoms with E-state index in [9.17, 15) is 5.11 Å². The molecular formula is C24H35N3O2.